The second-order valence-corrected chi connectivity index (χ2v) is 8.49. The second kappa shape index (κ2) is 6.70. The third kappa shape index (κ3) is 3.00. The number of imide groups is 1. The number of aromatic nitrogens is 2. The van der Waals surface area contributed by atoms with E-state index in [1.54, 1.807) is 4.90 Å². The predicted octanol–water partition coefficient (Wildman–Crippen LogP) is 2.94. The van der Waals surface area contributed by atoms with Crippen LogP contribution in [0.5, 0.6) is 0 Å². The Morgan fingerprint density at radius 1 is 0.935 bits per heavy atom. The van der Waals surface area contributed by atoms with Crippen molar-refractivity contribution in [3.8, 4) is 11.3 Å². The van der Waals surface area contributed by atoms with E-state index in [1.165, 1.54) is 0 Å². The van der Waals surface area contributed by atoms with Gasteiger partial charge in [-0.15, -0.1) is 0 Å². The molecule has 3 heterocycles. The Kier molecular flexibility index (Phi) is 3.93. The molecule has 0 bridgehead atoms. The molecular formula is C24H20N4O3. The Labute approximate surface area is 178 Å². The molecule has 1 aromatic heterocycles. The fourth-order valence-corrected chi connectivity index (χ4v) is 4.59. The van der Waals surface area contributed by atoms with E-state index in [9.17, 15) is 14.4 Å². The van der Waals surface area contributed by atoms with Gasteiger partial charge in [0.15, 0.2) is 0 Å². The molecule has 3 aromatic rings. The number of fused-ring (bicyclic) bond motifs is 2. The summed E-state index contributed by atoms with van der Waals surface area (Å²) in [5.41, 5.74) is 6.06. The van der Waals surface area contributed by atoms with Crippen molar-refractivity contribution in [1.82, 2.24) is 20.2 Å². The molecule has 154 valence electrons. The molecule has 0 spiro atoms. The number of para-hydroxylation sites is 2. The summed E-state index contributed by atoms with van der Waals surface area (Å²) < 4.78 is 0. The second-order valence-electron chi connectivity index (χ2n) is 8.49. The summed E-state index contributed by atoms with van der Waals surface area (Å²) in [6.45, 7) is 0.355. The average Bonchev–Trinajstić information content (AvgIpc) is 3.57. The molecule has 0 radical (unpaired) electrons. The summed E-state index contributed by atoms with van der Waals surface area (Å²) >= 11 is 0. The van der Waals surface area contributed by atoms with Crippen LogP contribution < -0.4 is 5.32 Å². The number of amides is 3. The van der Waals surface area contributed by atoms with Gasteiger partial charge in [0.1, 0.15) is 6.04 Å². The van der Waals surface area contributed by atoms with Crippen molar-refractivity contribution in [1.29, 1.82) is 0 Å². The molecule has 2 aromatic carbocycles. The van der Waals surface area contributed by atoms with Gasteiger partial charge in [-0.1, -0.05) is 18.2 Å². The van der Waals surface area contributed by atoms with Crippen LogP contribution in [0, 0.1) is 0 Å². The zero-order valence-corrected chi connectivity index (χ0v) is 16.8. The van der Waals surface area contributed by atoms with Gasteiger partial charge < -0.3 is 4.90 Å². The summed E-state index contributed by atoms with van der Waals surface area (Å²) in [7, 11) is 0. The van der Waals surface area contributed by atoms with Gasteiger partial charge in [0.25, 0.3) is 5.91 Å². The largest absolute Gasteiger partial charge is 0.322 e. The van der Waals surface area contributed by atoms with Gasteiger partial charge in [0.2, 0.25) is 11.8 Å². The lowest BCUT2D eigenvalue weighted by Gasteiger charge is -2.29. The van der Waals surface area contributed by atoms with Crippen molar-refractivity contribution in [2.24, 2.45) is 0 Å². The third-order valence-corrected chi connectivity index (χ3v) is 6.36. The number of nitrogens with zero attached hydrogens (tertiary/aromatic N) is 3. The maximum atomic E-state index is 13.0. The van der Waals surface area contributed by atoms with Crippen LogP contribution in [0.3, 0.4) is 0 Å². The van der Waals surface area contributed by atoms with E-state index in [2.05, 4.69) is 5.32 Å². The summed E-state index contributed by atoms with van der Waals surface area (Å²) in [5.74, 6) is -0.408. The Morgan fingerprint density at radius 2 is 1.71 bits per heavy atom. The van der Waals surface area contributed by atoms with Crippen LogP contribution in [-0.2, 0) is 16.1 Å². The Bertz CT molecular complexity index is 1280. The fraction of sp³-hybridized carbons (Fsp3) is 0.292. The maximum Gasteiger partial charge on any atom is 0.255 e. The molecule has 1 unspecified atom stereocenters. The first-order valence-corrected chi connectivity index (χ1v) is 10.6. The number of carbonyl (C=O) groups is 3. The van der Waals surface area contributed by atoms with E-state index in [0.29, 0.717) is 24.4 Å². The van der Waals surface area contributed by atoms with Crippen LogP contribution in [0.1, 0.15) is 53.2 Å². The van der Waals surface area contributed by atoms with E-state index in [1.807, 2.05) is 42.5 Å². The van der Waals surface area contributed by atoms with Gasteiger partial charge in [-0.05, 0) is 49.1 Å². The molecule has 7 nitrogen and oxygen atoms in total. The average molecular weight is 412 g/mol. The van der Waals surface area contributed by atoms with Crippen LogP contribution >= 0.6 is 0 Å². The van der Waals surface area contributed by atoms with E-state index in [4.69, 9.17) is 9.97 Å². The highest BCUT2D eigenvalue weighted by atomic mass is 16.2. The maximum absolute atomic E-state index is 13.0. The highest BCUT2D eigenvalue weighted by Crippen LogP contribution is 2.44. The molecule has 7 heteroatoms. The zero-order chi connectivity index (χ0) is 21.1. The molecule has 31 heavy (non-hydrogen) atoms. The number of nitrogens with one attached hydrogen (secondary N) is 1. The number of rotatable bonds is 3. The molecule has 1 aliphatic carbocycles. The summed E-state index contributed by atoms with van der Waals surface area (Å²) in [6.07, 6.45) is 2.85. The molecular weight excluding hydrogens is 392 g/mol. The van der Waals surface area contributed by atoms with Gasteiger partial charge in [-0.2, -0.15) is 0 Å². The van der Waals surface area contributed by atoms with Gasteiger partial charge >= 0.3 is 0 Å². The first kappa shape index (κ1) is 18.2. The molecule has 6 rings (SSSR count). The minimum atomic E-state index is -0.608. The standard InChI is InChI=1S/C24H20N4O3/c29-20-10-9-19(23(30)27-20)28-12-15-11-14(7-8-16(15)24(28)31)22-21(13-5-6-13)25-17-3-1-2-4-18(17)26-22/h1-4,7-8,11,13,19H,5-6,9-10,12H2,(H,27,29,30). The van der Waals surface area contributed by atoms with E-state index in [0.717, 1.165) is 46.4 Å². The molecule has 3 amide bonds. The Morgan fingerprint density at radius 3 is 2.45 bits per heavy atom. The van der Waals surface area contributed by atoms with Crippen LogP contribution in [0.15, 0.2) is 42.5 Å². The SMILES string of the molecule is O=C1CCC(N2Cc3cc(-c4nc5ccccc5nc4C4CC4)ccc3C2=O)C(=O)N1. The van der Waals surface area contributed by atoms with Crippen LogP contribution in [-0.4, -0.2) is 38.6 Å². The number of carbonyl (C=O) groups excluding carboxylic acids is 3. The molecule has 1 saturated carbocycles. The highest BCUT2D eigenvalue weighted by molar-refractivity contribution is 6.05. The van der Waals surface area contributed by atoms with Crippen LogP contribution in [0.25, 0.3) is 22.3 Å². The topological polar surface area (TPSA) is 92.3 Å². The summed E-state index contributed by atoms with van der Waals surface area (Å²) in [4.78, 5) is 48.1. The zero-order valence-electron chi connectivity index (χ0n) is 16.8. The van der Waals surface area contributed by atoms with Gasteiger partial charge in [0.05, 0.1) is 22.4 Å². The normalized spacial score (nSPS) is 20.8. The Hall–Kier alpha value is -3.61. The molecule has 1 saturated heterocycles. The van der Waals surface area contributed by atoms with Crippen molar-refractivity contribution in [2.75, 3.05) is 0 Å². The number of piperidine rings is 1. The van der Waals surface area contributed by atoms with Gasteiger partial charge in [-0.3, -0.25) is 19.7 Å². The van der Waals surface area contributed by atoms with Crippen molar-refractivity contribution in [3.05, 3.63) is 59.3 Å². The summed E-state index contributed by atoms with van der Waals surface area (Å²) in [6, 6.07) is 13.0. The third-order valence-electron chi connectivity index (χ3n) is 6.36. The Balaban J connectivity index is 1.38. The van der Waals surface area contributed by atoms with Gasteiger partial charge in [0, 0.05) is 30.0 Å². The van der Waals surface area contributed by atoms with Crippen molar-refractivity contribution >= 4 is 28.8 Å². The summed E-state index contributed by atoms with van der Waals surface area (Å²) in [5, 5.41) is 2.34. The van der Waals surface area contributed by atoms with Gasteiger partial charge in [-0.25, -0.2) is 9.97 Å². The lowest BCUT2D eigenvalue weighted by atomic mass is 10.0. The monoisotopic (exact) mass is 412 g/mol. The van der Waals surface area contributed by atoms with Crippen molar-refractivity contribution in [2.45, 2.75) is 44.2 Å². The molecule has 1 N–H and O–H groups in total. The lowest BCUT2D eigenvalue weighted by molar-refractivity contribution is -0.136. The fourth-order valence-electron chi connectivity index (χ4n) is 4.59. The molecule has 1 atom stereocenters. The molecule has 2 aliphatic heterocycles. The quantitative estimate of drug-likeness (QED) is 0.668. The van der Waals surface area contributed by atoms with E-state index >= 15 is 0 Å². The lowest BCUT2D eigenvalue weighted by Crippen LogP contribution is -2.52. The van der Waals surface area contributed by atoms with Crippen LogP contribution in [0.4, 0.5) is 0 Å². The highest BCUT2D eigenvalue weighted by Gasteiger charge is 2.39. The van der Waals surface area contributed by atoms with E-state index in [-0.39, 0.29) is 18.2 Å². The van der Waals surface area contributed by atoms with E-state index < -0.39 is 11.9 Å². The first-order valence-electron chi connectivity index (χ1n) is 10.6. The van der Waals surface area contributed by atoms with Crippen molar-refractivity contribution in [3.63, 3.8) is 0 Å². The van der Waals surface area contributed by atoms with Crippen LogP contribution in [0.2, 0.25) is 0 Å². The minimum Gasteiger partial charge on any atom is -0.322 e. The number of hydrogen-bond donors (Lipinski definition) is 1. The molecule has 2 fully saturated rings. The molecule has 3 aliphatic rings. The predicted molar refractivity (Wildman–Crippen MR) is 113 cm³/mol. The van der Waals surface area contributed by atoms with Crippen molar-refractivity contribution < 1.29 is 14.4 Å². The number of benzene rings is 2. The first-order chi connectivity index (χ1) is 15.1. The minimum absolute atomic E-state index is 0.164. The number of hydrogen-bond acceptors (Lipinski definition) is 5. The smallest absolute Gasteiger partial charge is 0.255 e.